The van der Waals surface area contributed by atoms with Crippen molar-refractivity contribution in [3.8, 4) is 5.75 Å². The highest BCUT2D eigenvalue weighted by Gasteiger charge is 2.18. The maximum Gasteiger partial charge on any atom is 0.313 e. The molecule has 1 rings (SSSR count). The maximum atomic E-state index is 13.7. The number of nitrogens with zero attached hydrogens (tertiary/aromatic N) is 1. The van der Waals surface area contributed by atoms with Crippen LogP contribution < -0.4 is 14.8 Å². The van der Waals surface area contributed by atoms with Crippen LogP contribution in [0.15, 0.2) is 12.1 Å². The number of methoxy groups -OCH3 is 1. The smallest absolute Gasteiger partial charge is 0.313 e. The van der Waals surface area contributed by atoms with Gasteiger partial charge in [-0.1, -0.05) is 0 Å². The average molecular weight is 321 g/mol. The van der Waals surface area contributed by atoms with Gasteiger partial charge in [0.15, 0.2) is 11.6 Å². The van der Waals surface area contributed by atoms with E-state index in [1.54, 1.807) is 0 Å². The van der Waals surface area contributed by atoms with E-state index >= 15 is 0 Å². The fourth-order valence-electron chi connectivity index (χ4n) is 1.55. The van der Waals surface area contributed by atoms with Crippen molar-refractivity contribution in [2.45, 2.75) is 6.42 Å². The summed E-state index contributed by atoms with van der Waals surface area (Å²) >= 11 is 0. The van der Waals surface area contributed by atoms with Crippen LogP contribution in [0.5, 0.6) is 5.75 Å². The minimum Gasteiger partial charge on any atom is -0.490 e. The van der Waals surface area contributed by atoms with E-state index in [1.807, 2.05) is 0 Å². The van der Waals surface area contributed by atoms with Crippen molar-refractivity contribution in [1.82, 2.24) is 4.72 Å². The molecule has 0 fully saturated rings. The Morgan fingerprint density at radius 2 is 2.05 bits per heavy atom. The van der Waals surface area contributed by atoms with E-state index in [0.29, 0.717) is 13.0 Å². The lowest BCUT2D eigenvalue weighted by Gasteiger charge is -2.10. The zero-order valence-electron chi connectivity index (χ0n) is 11.6. The SMILES string of the molecule is COc1cc(NCCCNS(C)(=O)=O)c(F)cc1[N+](=O)[O-]. The molecule has 0 aliphatic heterocycles. The maximum absolute atomic E-state index is 13.7. The van der Waals surface area contributed by atoms with Crippen LogP contribution in [0.4, 0.5) is 15.8 Å². The molecule has 0 aromatic heterocycles. The zero-order valence-corrected chi connectivity index (χ0v) is 12.4. The number of anilines is 1. The van der Waals surface area contributed by atoms with Gasteiger partial charge in [0.05, 0.1) is 30.0 Å². The lowest BCUT2D eigenvalue weighted by Crippen LogP contribution is -2.24. The number of sulfonamides is 1. The molecule has 0 aliphatic rings. The van der Waals surface area contributed by atoms with Gasteiger partial charge in [-0.15, -0.1) is 0 Å². The van der Waals surface area contributed by atoms with E-state index in [9.17, 15) is 22.9 Å². The number of benzene rings is 1. The highest BCUT2D eigenvalue weighted by Crippen LogP contribution is 2.32. The first kappa shape index (κ1) is 17.1. The highest BCUT2D eigenvalue weighted by molar-refractivity contribution is 7.88. The standard InChI is InChI=1S/C11H16FN3O5S/c1-20-11-7-9(8(12)6-10(11)15(16)17)13-4-3-5-14-21(2,18)19/h6-7,13-14H,3-5H2,1-2H3. The molecule has 0 bridgehead atoms. The van der Waals surface area contributed by atoms with Gasteiger partial charge in [0.2, 0.25) is 10.0 Å². The molecule has 0 saturated heterocycles. The molecule has 118 valence electrons. The molecule has 2 N–H and O–H groups in total. The molecule has 10 heteroatoms. The van der Waals surface area contributed by atoms with Gasteiger partial charge < -0.3 is 10.1 Å². The summed E-state index contributed by atoms with van der Waals surface area (Å²) in [7, 11) is -2.00. The zero-order chi connectivity index (χ0) is 16.0. The second-order valence-corrected chi connectivity index (χ2v) is 6.04. The molecule has 0 atom stereocenters. The van der Waals surface area contributed by atoms with Crippen molar-refractivity contribution in [2.24, 2.45) is 0 Å². The van der Waals surface area contributed by atoms with Crippen molar-refractivity contribution in [1.29, 1.82) is 0 Å². The van der Waals surface area contributed by atoms with Gasteiger partial charge in [0.1, 0.15) is 0 Å². The number of hydrogen-bond donors (Lipinski definition) is 2. The predicted molar refractivity (Wildman–Crippen MR) is 75.6 cm³/mol. The average Bonchev–Trinajstić information content (AvgIpc) is 2.38. The monoisotopic (exact) mass is 321 g/mol. The summed E-state index contributed by atoms with van der Waals surface area (Å²) < 4.78 is 42.5. The molecule has 0 heterocycles. The predicted octanol–water partition coefficient (Wildman–Crippen LogP) is 1.09. The minimum absolute atomic E-state index is 0.0526. The minimum atomic E-state index is -3.25. The number of nitro benzene ring substituents is 1. The van der Waals surface area contributed by atoms with Crippen molar-refractivity contribution >= 4 is 21.4 Å². The quantitative estimate of drug-likeness (QED) is 0.421. The number of hydrogen-bond acceptors (Lipinski definition) is 6. The second kappa shape index (κ2) is 7.18. The largest absolute Gasteiger partial charge is 0.490 e. The van der Waals surface area contributed by atoms with Crippen LogP contribution in [0.2, 0.25) is 0 Å². The Kier molecular flexibility index (Phi) is 5.85. The topological polar surface area (TPSA) is 111 Å². The van der Waals surface area contributed by atoms with E-state index in [1.165, 1.54) is 13.2 Å². The molecule has 0 unspecified atom stereocenters. The Bertz CT molecular complexity index is 621. The Labute approximate surface area is 121 Å². The van der Waals surface area contributed by atoms with Crippen molar-refractivity contribution < 1.29 is 22.5 Å². The van der Waals surface area contributed by atoms with Crippen LogP contribution in [0.3, 0.4) is 0 Å². The van der Waals surface area contributed by atoms with E-state index < -0.39 is 26.5 Å². The van der Waals surface area contributed by atoms with Gasteiger partial charge in [0.25, 0.3) is 0 Å². The molecule has 0 spiro atoms. The first-order valence-electron chi connectivity index (χ1n) is 5.95. The summed E-state index contributed by atoms with van der Waals surface area (Å²) in [6.07, 6.45) is 1.47. The lowest BCUT2D eigenvalue weighted by atomic mass is 10.2. The molecule has 0 radical (unpaired) electrons. The number of halogens is 1. The Morgan fingerprint density at radius 3 is 2.57 bits per heavy atom. The molecular weight excluding hydrogens is 305 g/mol. The number of nitrogens with one attached hydrogen (secondary N) is 2. The van der Waals surface area contributed by atoms with Gasteiger partial charge >= 0.3 is 5.69 Å². The molecule has 1 aromatic rings. The third-order valence-electron chi connectivity index (χ3n) is 2.50. The summed E-state index contributed by atoms with van der Waals surface area (Å²) in [5, 5.41) is 13.4. The fraction of sp³-hybridized carbons (Fsp3) is 0.455. The summed E-state index contributed by atoms with van der Waals surface area (Å²) in [5.74, 6) is -0.836. The molecular formula is C11H16FN3O5S. The normalized spacial score (nSPS) is 11.2. The van der Waals surface area contributed by atoms with Gasteiger partial charge in [-0.05, 0) is 6.42 Å². The molecule has 8 nitrogen and oxygen atoms in total. The third kappa shape index (κ3) is 5.52. The third-order valence-corrected chi connectivity index (χ3v) is 3.23. The summed E-state index contributed by atoms with van der Waals surface area (Å²) in [6.45, 7) is 0.498. The van der Waals surface area contributed by atoms with E-state index in [2.05, 4.69) is 10.0 Å². The Morgan fingerprint density at radius 1 is 1.38 bits per heavy atom. The van der Waals surface area contributed by atoms with Crippen LogP contribution in [0.25, 0.3) is 0 Å². The van der Waals surface area contributed by atoms with Crippen molar-refractivity contribution in [3.05, 3.63) is 28.1 Å². The van der Waals surface area contributed by atoms with Crippen LogP contribution >= 0.6 is 0 Å². The first-order valence-corrected chi connectivity index (χ1v) is 7.84. The summed E-state index contributed by atoms with van der Waals surface area (Å²) in [4.78, 5) is 9.98. The van der Waals surface area contributed by atoms with Crippen LogP contribution in [-0.2, 0) is 10.0 Å². The van der Waals surface area contributed by atoms with Gasteiger partial charge in [-0.3, -0.25) is 10.1 Å². The number of nitro groups is 1. The summed E-state index contributed by atoms with van der Waals surface area (Å²) in [6, 6.07) is 1.97. The Balaban J connectivity index is 2.65. The van der Waals surface area contributed by atoms with Crippen LogP contribution in [0.1, 0.15) is 6.42 Å². The molecule has 1 aromatic carbocycles. The molecule has 21 heavy (non-hydrogen) atoms. The lowest BCUT2D eigenvalue weighted by molar-refractivity contribution is -0.385. The van der Waals surface area contributed by atoms with E-state index in [4.69, 9.17) is 4.74 Å². The van der Waals surface area contributed by atoms with E-state index in [-0.39, 0.29) is 18.0 Å². The molecule has 0 amide bonds. The summed E-state index contributed by atoms with van der Waals surface area (Å²) in [5.41, 5.74) is -0.406. The van der Waals surface area contributed by atoms with Crippen LogP contribution in [-0.4, -0.2) is 39.8 Å². The molecule has 0 aliphatic carbocycles. The van der Waals surface area contributed by atoms with Gasteiger partial charge in [-0.25, -0.2) is 17.5 Å². The second-order valence-electron chi connectivity index (χ2n) is 4.21. The van der Waals surface area contributed by atoms with Gasteiger partial charge in [-0.2, -0.15) is 0 Å². The first-order chi connectivity index (χ1) is 9.74. The van der Waals surface area contributed by atoms with Crippen molar-refractivity contribution in [2.75, 3.05) is 31.8 Å². The van der Waals surface area contributed by atoms with E-state index in [0.717, 1.165) is 12.3 Å². The molecule has 0 saturated carbocycles. The number of rotatable bonds is 8. The van der Waals surface area contributed by atoms with Gasteiger partial charge in [0, 0.05) is 19.2 Å². The Hall–Kier alpha value is -1.94. The highest BCUT2D eigenvalue weighted by atomic mass is 32.2. The van der Waals surface area contributed by atoms with Crippen molar-refractivity contribution in [3.63, 3.8) is 0 Å². The fourth-order valence-corrected chi connectivity index (χ4v) is 2.07. The number of ether oxygens (including phenoxy) is 1. The van der Waals surface area contributed by atoms with Crippen LogP contribution in [0, 0.1) is 15.9 Å².